The minimum atomic E-state index is -0.755. The first-order valence-electron chi connectivity index (χ1n) is 7.77. The Balaban J connectivity index is 1.91. The lowest BCUT2D eigenvalue weighted by molar-refractivity contribution is -0.143. The highest BCUT2D eigenvalue weighted by Gasteiger charge is 2.41. The molecule has 2 fully saturated rings. The van der Waals surface area contributed by atoms with E-state index in [4.69, 9.17) is 5.11 Å². The van der Waals surface area contributed by atoms with Gasteiger partial charge in [-0.1, -0.05) is 13.3 Å². The fourth-order valence-electron chi connectivity index (χ4n) is 3.36. The summed E-state index contributed by atoms with van der Waals surface area (Å²) >= 11 is 0. The lowest BCUT2D eigenvalue weighted by Gasteiger charge is -2.22. The molecular formula is C15H24N2O4. The van der Waals surface area contributed by atoms with Crippen molar-refractivity contribution >= 4 is 17.8 Å². The van der Waals surface area contributed by atoms with Gasteiger partial charge in [0.05, 0.1) is 18.4 Å². The van der Waals surface area contributed by atoms with Gasteiger partial charge in [0.15, 0.2) is 0 Å². The summed E-state index contributed by atoms with van der Waals surface area (Å²) < 4.78 is 0. The summed E-state index contributed by atoms with van der Waals surface area (Å²) in [6.45, 7) is 4.31. The number of carbonyl (C=O) groups excluding carboxylic acids is 2. The zero-order chi connectivity index (χ0) is 15.6. The molecule has 2 amide bonds. The standard InChI is InChI=1S/C15H24N2O4/c1-3-9(2)17-13(18)7-12(14(17)19)16-8-10-5-4-6-11(10)15(20)21/h9-12,16H,3-8H2,1-2H3,(H,20,21). The van der Waals surface area contributed by atoms with Crippen molar-refractivity contribution in [2.45, 2.75) is 58.0 Å². The van der Waals surface area contributed by atoms with Crippen LogP contribution in [0.3, 0.4) is 0 Å². The van der Waals surface area contributed by atoms with Gasteiger partial charge in [-0.2, -0.15) is 0 Å². The molecule has 6 nitrogen and oxygen atoms in total. The van der Waals surface area contributed by atoms with Gasteiger partial charge in [0.1, 0.15) is 0 Å². The summed E-state index contributed by atoms with van der Waals surface area (Å²) in [5, 5.41) is 12.3. The number of nitrogens with zero attached hydrogens (tertiary/aromatic N) is 1. The van der Waals surface area contributed by atoms with Crippen LogP contribution in [0.2, 0.25) is 0 Å². The van der Waals surface area contributed by atoms with E-state index in [9.17, 15) is 14.4 Å². The number of carboxylic acid groups (broad SMARTS) is 1. The van der Waals surface area contributed by atoms with E-state index in [0.29, 0.717) is 13.0 Å². The lowest BCUT2D eigenvalue weighted by Crippen LogP contribution is -2.44. The van der Waals surface area contributed by atoms with E-state index in [-0.39, 0.29) is 36.1 Å². The van der Waals surface area contributed by atoms with E-state index < -0.39 is 12.0 Å². The summed E-state index contributed by atoms with van der Waals surface area (Å²) in [7, 11) is 0. The van der Waals surface area contributed by atoms with E-state index in [2.05, 4.69) is 5.32 Å². The molecule has 0 aromatic heterocycles. The number of amides is 2. The molecule has 1 aliphatic heterocycles. The summed E-state index contributed by atoms with van der Waals surface area (Å²) in [5.74, 6) is -1.32. The molecule has 118 valence electrons. The van der Waals surface area contributed by atoms with Crippen LogP contribution in [0.1, 0.15) is 46.0 Å². The normalized spacial score (nSPS) is 31.0. The third kappa shape index (κ3) is 3.26. The molecule has 6 heteroatoms. The average Bonchev–Trinajstić information content (AvgIpc) is 3.01. The molecule has 0 radical (unpaired) electrons. The van der Waals surface area contributed by atoms with Crippen molar-refractivity contribution in [2.24, 2.45) is 11.8 Å². The quantitative estimate of drug-likeness (QED) is 0.714. The van der Waals surface area contributed by atoms with Gasteiger partial charge in [-0.15, -0.1) is 0 Å². The fourth-order valence-corrected chi connectivity index (χ4v) is 3.36. The Labute approximate surface area is 124 Å². The van der Waals surface area contributed by atoms with Crippen LogP contribution in [-0.4, -0.2) is 46.4 Å². The van der Waals surface area contributed by atoms with Gasteiger partial charge in [-0.25, -0.2) is 0 Å². The summed E-state index contributed by atoms with van der Waals surface area (Å²) in [4.78, 5) is 36.7. The Morgan fingerprint density at radius 3 is 2.76 bits per heavy atom. The first-order chi connectivity index (χ1) is 9.95. The van der Waals surface area contributed by atoms with Gasteiger partial charge in [0.25, 0.3) is 0 Å². The zero-order valence-corrected chi connectivity index (χ0v) is 12.7. The lowest BCUT2D eigenvalue weighted by atomic mass is 9.96. The number of rotatable bonds is 6. The number of imide groups is 1. The van der Waals surface area contributed by atoms with Crippen LogP contribution < -0.4 is 5.32 Å². The molecule has 0 aromatic carbocycles. The van der Waals surface area contributed by atoms with Crippen LogP contribution in [-0.2, 0) is 14.4 Å². The Morgan fingerprint density at radius 2 is 2.14 bits per heavy atom. The van der Waals surface area contributed by atoms with Crippen molar-refractivity contribution in [1.29, 1.82) is 0 Å². The Morgan fingerprint density at radius 1 is 1.43 bits per heavy atom. The average molecular weight is 296 g/mol. The van der Waals surface area contributed by atoms with Gasteiger partial charge in [0, 0.05) is 6.04 Å². The number of carbonyl (C=O) groups is 3. The Hall–Kier alpha value is -1.43. The maximum atomic E-state index is 12.3. The summed E-state index contributed by atoms with van der Waals surface area (Å²) in [6, 6.07) is -0.559. The molecule has 1 aliphatic carbocycles. The van der Waals surface area contributed by atoms with Crippen molar-refractivity contribution in [3.8, 4) is 0 Å². The molecule has 4 atom stereocenters. The molecule has 2 N–H and O–H groups in total. The molecule has 1 saturated carbocycles. The van der Waals surface area contributed by atoms with E-state index in [1.165, 1.54) is 4.90 Å². The monoisotopic (exact) mass is 296 g/mol. The highest BCUT2D eigenvalue weighted by atomic mass is 16.4. The minimum Gasteiger partial charge on any atom is -0.481 e. The van der Waals surface area contributed by atoms with E-state index in [0.717, 1.165) is 19.3 Å². The second-order valence-electron chi connectivity index (χ2n) is 6.16. The summed E-state index contributed by atoms with van der Waals surface area (Å²) in [5.41, 5.74) is 0. The number of carboxylic acids is 1. The van der Waals surface area contributed by atoms with Crippen LogP contribution >= 0.6 is 0 Å². The first-order valence-corrected chi connectivity index (χ1v) is 7.77. The number of aliphatic carboxylic acids is 1. The molecule has 0 aromatic rings. The molecule has 21 heavy (non-hydrogen) atoms. The molecule has 0 bridgehead atoms. The van der Waals surface area contributed by atoms with Crippen LogP contribution in [0.5, 0.6) is 0 Å². The Kier molecular flexibility index (Phi) is 4.98. The molecule has 1 heterocycles. The van der Waals surface area contributed by atoms with Gasteiger partial charge in [0.2, 0.25) is 11.8 Å². The van der Waals surface area contributed by atoms with E-state index in [1.54, 1.807) is 0 Å². The Bertz CT molecular complexity index is 437. The molecule has 1 saturated heterocycles. The van der Waals surface area contributed by atoms with Crippen LogP contribution in [0.4, 0.5) is 0 Å². The number of hydrogen-bond acceptors (Lipinski definition) is 4. The van der Waals surface area contributed by atoms with Crippen molar-refractivity contribution < 1.29 is 19.5 Å². The minimum absolute atomic E-state index is 0.0584. The van der Waals surface area contributed by atoms with Crippen molar-refractivity contribution in [3.05, 3.63) is 0 Å². The highest BCUT2D eigenvalue weighted by molar-refractivity contribution is 6.05. The zero-order valence-electron chi connectivity index (χ0n) is 12.7. The molecule has 2 aliphatic rings. The maximum absolute atomic E-state index is 12.3. The first kappa shape index (κ1) is 15.9. The van der Waals surface area contributed by atoms with Crippen molar-refractivity contribution in [1.82, 2.24) is 10.2 Å². The van der Waals surface area contributed by atoms with Crippen molar-refractivity contribution in [3.63, 3.8) is 0 Å². The fraction of sp³-hybridized carbons (Fsp3) is 0.800. The number of nitrogens with one attached hydrogen (secondary N) is 1. The maximum Gasteiger partial charge on any atom is 0.306 e. The summed E-state index contributed by atoms with van der Waals surface area (Å²) in [6.07, 6.45) is 3.42. The predicted octanol–water partition coefficient (Wildman–Crippen LogP) is 1.00. The van der Waals surface area contributed by atoms with Crippen molar-refractivity contribution in [2.75, 3.05) is 6.54 Å². The largest absolute Gasteiger partial charge is 0.481 e. The van der Waals surface area contributed by atoms with Gasteiger partial charge < -0.3 is 10.4 Å². The molecule has 4 unspecified atom stereocenters. The predicted molar refractivity (Wildman–Crippen MR) is 76.5 cm³/mol. The van der Waals surface area contributed by atoms with Gasteiger partial charge >= 0.3 is 5.97 Å². The van der Waals surface area contributed by atoms with Crippen LogP contribution in [0.15, 0.2) is 0 Å². The molecule has 2 rings (SSSR count). The van der Waals surface area contributed by atoms with Gasteiger partial charge in [-0.3, -0.25) is 19.3 Å². The third-order valence-electron chi connectivity index (χ3n) is 4.82. The third-order valence-corrected chi connectivity index (χ3v) is 4.82. The van der Waals surface area contributed by atoms with Gasteiger partial charge in [-0.05, 0) is 38.6 Å². The van der Waals surface area contributed by atoms with E-state index in [1.807, 2.05) is 13.8 Å². The topological polar surface area (TPSA) is 86.7 Å². The molecular weight excluding hydrogens is 272 g/mol. The SMILES string of the molecule is CCC(C)N1C(=O)CC(NCC2CCCC2C(=O)O)C1=O. The van der Waals surface area contributed by atoms with Crippen LogP contribution in [0, 0.1) is 11.8 Å². The highest BCUT2D eigenvalue weighted by Crippen LogP contribution is 2.31. The number of hydrogen-bond donors (Lipinski definition) is 2. The smallest absolute Gasteiger partial charge is 0.306 e. The molecule has 0 spiro atoms. The number of likely N-dealkylation sites (tertiary alicyclic amines) is 1. The second kappa shape index (κ2) is 6.56. The van der Waals surface area contributed by atoms with Crippen LogP contribution in [0.25, 0.3) is 0 Å². The second-order valence-corrected chi connectivity index (χ2v) is 6.16. The van der Waals surface area contributed by atoms with E-state index >= 15 is 0 Å².